The normalized spacial score (nSPS) is 11.1. The number of furan rings is 1. The number of H-pyrrole nitrogens is 1. The van der Waals surface area contributed by atoms with E-state index in [9.17, 15) is 4.79 Å². The summed E-state index contributed by atoms with van der Waals surface area (Å²) >= 11 is 0. The van der Waals surface area contributed by atoms with E-state index in [4.69, 9.17) is 8.94 Å². The number of nitrogens with one attached hydrogen (secondary N) is 2. The number of carbonyl (C=O) groups excluding carboxylic acids is 1. The molecule has 0 fully saturated rings. The van der Waals surface area contributed by atoms with Gasteiger partial charge in [-0.2, -0.15) is 0 Å². The summed E-state index contributed by atoms with van der Waals surface area (Å²) in [5.74, 6) is 1.33. The van der Waals surface area contributed by atoms with Crippen molar-refractivity contribution in [3.8, 4) is 22.9 Å². The number of imidazole rings is 1. The molecule has 142 valence electrons. The lowest BCUT2D eigenvalue weighted by molar-refractivity contribution is 0.101. The Kier molecular flexibility index (Phi) is 3.98. The van der Waals surface area contributed by atoms with Crippen LogP contribution >= 0.6 is 0 Å². The summed E-state index contributed by atoms with van der Waals surface area (Å²) in [4.78, 5) is 20.4. The molecular weight excluding hydrogens is 368 g/mol. The van der Waals surface area contributed by atoms with Gasteiger partial charge in [0.05, 0.1) is 17.3 Å². The number of aromatic nitrogens is 3. The number of anilines is 1. The molecule has 2 aromatic carbocycles. The second kappa shape index (κ2) is 6.79. The number of amides is 1. The van der Waals surface area contributed by atoms with Crippen LogP contribution in [0, 0.1) is 6.92 Å². The quantitative estimate of drug-likeness (QED) is 0.452. The van der Waals surface area contributed by atoms with Crippen LogP contribution in [0.25, 0.3) is 33.9 Å². The van der Waals surface area contributed by atoms with E-state index in [-0.39, 0.29) is 11.6 Å². The Morgan fingerprint density at radius 3 is 2.69 bits per heavy atom. The molecule has 0 unspecified atom stereocenters. The molecule has 5 aromatic rings. The van der Waals surface area contributed by atoms with Crippen LogP contribution in [0.2, 0.25) is 0 Å². The number of hydrogen-bond donors (Lipinski definition) is 2. The minimum Gasteiger partial charge on any atom is -0.461 e. The van der Waals surface area contributed by atoms with Gasteiger partial charge in [0.1, 0.15) is 5.82 Å². The smallest absolute Gasteiger partial charge is 0.277 e. The molecule has 0 atom stereocenters. The van der Waals surface area contributed by atoms with Crippen LogP contribution in [0.5, 0.6) is 0 Å². The van der Waals surface area contributed by atoms with Crippen LogP contribution in [0.1, 0.15) is 16.1 Å². The fraction of sp³-hybridized carbons (Fsp3) is 0.0455. The Labute approximate surface area is 165 Å². The fourth-order valence-corrected chi connectivity index (χ4v) is 3.08. The van der Waals surface area contributed by atoms with Crippen molar-refractivity contribution in [1.29, 1.82) is 0 Å². The highest BCUT2D eigenvalue weighted by molar-refractivity contribution is 6.03. The first-order valence-electron chi connectivity index (χ1n) is 9.04. The zero-order valence-corrected chi connectivity index (χ0v) is 15.5. The second-order valence-corrected chi connectivity index (χ2v) is 6.69. The first-order chi connectivity index (χ1) is 14.2. The third kappa shape index (κ3) is 3.29. The average molecular weight is 384 g/mol. The number of aromatic amines is 1. The van der Waals surface area contributed by atoms with Gasteiger partial charge in [0.15, 0.2) is 11.5 Å². The maximum absolute atomic E-state index is 12.4. The van der Waals surface area contributed by atoms with Gasteiger partial charge in [0, 0.05) is 17.3 Å². The third-order valence-corrected chi connectivity index (χ3v) is 4.56. The molecule has 0 bridgehead atoms. The molecule has 0 saturated heterocycles. The molecule has 7 heteroatoms. The molecule has 3 heterocycles. The molecule has 0 radical (unpaired) electrons. The summed E-state index contributed by atoms with van der Waals surface area (Å²) in [6, 6.07) is 18.5. The number of rotatable bonds is 4. The van der Waals surface area contributed by atoms with Gasteiger partial charge in [-0.1, -0.05) is 11.2 Å². The molecule has 2 N–H and O–H groups in total. The number of nitrogens with zero attached hydrogens (tertiary/aromatic N) is 2. The van der Waals surface area contributed by atoms with Crippen LogP contribution in [0.4, 0.5) is 5.69 Å². The lowest BCUT2D eigenvalue weighted by Crippen LogP contribution is -2.11. The number of benzene rings is 2. The van der Waals surface area contributed by atoms with Crippen LogP contribution in [-0.4, -0.2) is 21.0 Å². The predicted molar refractivity (Wildman–Crippen MR) is 108 cm³/mol. The first kappa shape index (κ1) is 17.0. The van der Waals surface area contributed by atoms with Crippen LogP contribution in [-0.2, 0) is 0 Å². The Balaban J connectivity index is 1.33. The summed E-state index contributed by atoms with van der Waals surface area (Å²) in [5, 5.41) is 6.61. The van der Waals surface area contributed by atoms with Crippen molar-refractivity contribution in [1.82, 2.24) is 15.1 Å². The SMILES string of the molecule is Cc1ccc2nc(-c3ccc(NC(=O)c4cc(-c5ccco5)on4)cc3)[nH]c2c1. The molecule has 29 heavy (non-hydrogen) atoms. The highest BCUT2D eigenvalue weighted by Crippen LogP contribution is 2.24. The fourth-order valence-electron chi connectivity index (χ4n) is 3.08. The van der Waals surface area contributed by atoms with E-state index in [1.165, 1.54) is 11.8 Å². The Morgan fingerprint density at radius 2 is 1.90 bits per heavy atom. The van der Waals surface area contributed by atoms with E-state index in [0.29, 0.717) is 17.2 Å². The lowest BCUT2D eigenvalue weighted by Gasteiger charge is -2.03. The van der Waals surface area contributed by atoms with Gasteiger partial charge >= 0.3 is 0 Å². The van der Waals surface area contributed by atoms with Crippen molar-refractivity contribution < 1.29 is 13.7 Å². The molecule has 0 aliphatic carbocycles. The van der Waals surface area contributed by atoms with Crippen molar-refractivity contribution in [3.63, 3.8) is 0 Å². The first-order valence-corrected chi connectivity index (χ1v) is 9.04. The van der Waals surface area contributed by atoms with Gasteiger partial charge in [-0.25, -0.2) is 4.98 Å². The molecule has 7 nitrogen and oxygen atoms in total. The number of aryl methyl sites for hydroxylation is 1. The van der Waals surface area contributed by atoms with Crippen LogP contribution < -0.4 is 5.32 Å². The molecular formula is C22H16N4O3. The van der Waals surface area contributed by atoms with Crippen molar-refractivity contribution >= 4 is 22.6 Å². The predicted octanol–water partition coefficient (Wildman–Crippen LogP) is 5.04. The van der Waals surface area contributed by atoms with E-state index in [0.717, 1.165) is 22.4 Å². The van der Waals surface area contributed by atoms with Crippen molar-refractivity contribution in [3.05, 3.63) is 78.2 Å². The van der Waals surface area contributed by atoms with Gasteiger partial charge in [0.25, 0.3) is 5.91 Å². The maximum Gasteiger partial charge on any atom is 0.277 e. The van der Waals surface area contributed by atoms with E-state index in [2.05, 4.69) is 26.5 Å². The summed E-state index contributed by atoms with van der Waals surface area (Å²) < 4.78 is 10.4. The number of hydrogen-bond acceptors (Lipinski definition) is 5. The largest absolute Gasteiger partial charge is 0.461 e. The van der Waals surface area contributed by atoms with Crippen LogP contribution in [0.3, 0.4) is 0 Å². The standard InChI is InChI=1S/C22H16N4O3/c1-13-4-9-16-17(11-13)25-21(24-16)14-5-7-15(8-6-14)23-22(27)18-12-20(29-26-18)19-3-2-10-28-19/h2-12H,1H3,(H,23,27)(H,24,25). The Hall–Kier alpha value is -4.13. The highest BCUT2D eigenvalue weighted by atomic mass is 16.5. The van der Waals surface area contributed by atoms with Crippen LogP contribution in [0.15, 0.2) is 75.9 Å². The molecule has 3 aromatic heterocycles. The zero-order valence-electron chi connectivity index (χ0n) is 15.5. The van der Waals surface area contributed by atoms with Crippen molar-refractivity contribution in [2.24, 2.45) is 0 Å². The summed E-state index contributed by atoms with van der Waals surface area (Å²) in [5.41, 5.74) is 4.84. The molecule has 0 aliphatic heterocycles. The van der Waals surface area contributed by atoms with Gasteiger partial charge in [-0.05, 0) is 61.0 Å². The third-order valence-electron chi connectivity index (χ3n) is 4.56. The van der Waals surface area contributed by atoms with Gasteiger partial charge < -0.3 is 19.2 Å². The lowest BCUT2D eigenvalue weighted by atomic mass is 10.2. The van der Waals surface area contributed by atoms with E-state index in [1.807, 2.05) is 43.3 Å². The Morgan fingerprint density at radius 1 is 1.03 bits per heavy atom. The highest BCUT2D eigenvalue weighted by Gasteiger charge is 2.15. The molecule has 0 saturated carbocycles. The van der Waals surface area contributed by atoms with Crippen molar-refractivity contribution in [2.45, 2.75) is 6.92 Å². The zero-order chi connectivity index (χ0) is 19.8. The molecule has 0 spiro atoms. The minimum atomic E-state index is -0.362. The number of fused-ring (bicyclic) bond motifs is 1. The molecule has 5 rings (SSSR count). The molecule has 0 aliphatic rings. The van der Waals surface area contributed by atoms with E-state index >= 15 is 0 Å². The maximum atomic E-state index is 12.4. The second-order valence-electron chi connectivity index (χ2n) is 6.69. The van der Waals surface area contributed by atoms with Gasteiger partial charge in [-0.3, -0.25) is 4.79 Å². The summed E-state index contributed by atoms with van der Waals surface area (Å²) in [6.45, 7) is 2.05. The summed E-state index contributed by atoms with van der Waals surface area (Å²) in [6.07, 6.45) is 1.53. The molecule has 1 amide bonds. The van der Waals surface area contributed by atoms with E-state index in [1.54, 1.807) is 18.2 Å². The van der Waals surface area contributed by atoms with Gasteiger partial charge in [-0.15, -0.1) is 0 Å². The average Bonchev–Trinajstić information content (AvgIpc) is 3.47. The number of carbonyl (C=O) groups is 1. The minimum absolute atomic E-state index is 0.174. The monoisotopic (exact) mass is 384 g/mol. The topological polar surface area (TPSA) is 97.0 Å². The van der Waals surface area contributed by atoms with Crippen molar-refractivity contribution in [2.75, 3.05) is 5.32 Å². The van der Waals surface area contributed by atoms with Gasteiger partial charge in [0.2, 0.25) is 5.76 Å². The Bertz CT molecular complexity index is 1300. The van der Waals surface area contributed by atoms with E-state index < -0.39 is 0 Å². The summed E-state index contributed by atoms with van der Waals surface area (Å²) in [7, 11) is 0.